The first-order chi connectivity index (χ1) is 11.0. The van der Waals surface area contributed by atoms with Crippen LogP contribution in [0.15, 0.2) is 53.4 Å². The highest BCUT2D eigenvalue weighted by molar-refractivity contribution is 7.99. The van der Waals surface area contributed by atoms with Crippen LogP contribution in [0.2, 0.25) is 0 Å². The van der Waals surface area contributed by atoms with Crippen LogP contribution in [-0.2, 0) is 11.3 Å². The second kappa shape index (κ2) is 8.63. The van der Waals surface area contributed by atoms with E-state index in [2.05, 4.69) is 25.2 Å². The van der Waals surface area contributed by atoms with Gasteiger partial charge in [-0.1, -0.05) is 31.2 Å². The fraction of sp³-hybridized carbons (Fsp3) is 0.316. The van der Waals surface area contributed by atoms with Crippen LogP contribution >= 0.6 is 11.8 Å². The Morgan fingerprint density at radius 3 is 2.57 bits per heavy atom. The van der Waals surface area contributed by atoms with E-state index in [1.165, 1.54) is 5.56 Å². The number of phenols is 1. The molecule has 0 aliphatic rings. The Morgan fingerprint density at radius 2 is 1.87 bits per heavy atom. The summed E-state index contributed by atoms with van der Waals surface area (Å²) in [5.74, 6) is 0.365. The minimum atomic E-state index is 0.0893. The van der Waals surface area contributed by atoms with E-state index in [1.807, 2.05) is 30.3 Å². The first kappa shape index (κ1) is 17.4. The Labute approximate surface area is 142 Å². The lowest BCUT2D eigenvalue weighted by Crippen LogP contribution is -2.23. The predicted molar refractivity (Wildman–Crippen MR) is 95.7 cm³/mol. The van der Waals surface area contributed by atoms with Crippen molar-refractivity contribution in [2.24, 2.45) is 0 Å². The van der Waals surface area contributed by atoms with Gasteiger partial charge in [0, 0.05) is 23.1 Å². The third kappa shape index (κ3) is 5.99. The van der Waals surface area contributed by atoms with Gasteiger partial charge in [0.2, 0.25) is 5.91 Å². The summed E-state index contributed by atoms with van der Waals surface area (Å²) in [6, 6.07) is 15.3. The molecule has 23 heavy (non-hydrogen) atoms. The lowest BCUT2D eigenvalue weighted by atomic mass is 10.1. The number of phenolic OH excluding ortho intramolecular Hbond substituents is 1. The molecule has 0 aromatic heterocycles. The second-order valence-corrected chi connectivity index (χ2v) is 7.18. The van der Waals surface area contributed by atoms with Gasteiger partial charge in [-0.15, -0.1) is 11.8 Å². The van der Waals surface area contributed by atoms with Crippen LogP contribution < -0.4 is 5.32 Å². The van der Waals surface area contributed by atoms with E-state index >= 15 is 0 Å². The fourth-order valence-corrected chi connectivity index (χ4v) is 3.23. The van der Waals surface area contributed by atoms with E-state index in [-0.39, 0.29) is 11.7 Å². The van der Waals surface area contributed by atoms with Crippen LogP contribution in [0, 0.1) is 6.92 Å². The molecule has 0 fully saturated rings. The van der Waals surface area contributed by atoms with Gasteiger partial charge in [0.1, 0.15) is 5.75 Å². The fourth-order valence-electron chi connectivity index (χ4n) is 2.24. The van der Waals surface area contributed by atoms with Crippen molar-refractivity contribution >= 4 is 17.7 Å². The summed E-state index contributed by atoms with van der Waals surface area (Å²) in [4.78, 5) is 13.1. The summed E-state index contributed by atoms with van der Waals surface area (Å²) in [5.41, 5.74) is 2.36. The quantitative estimate of drug-likeness (QED) is 0.746. The summed E-state index contributed by atoms with van der Waals surface area (Å²) in [6.07, 6.45) is 1.35. The lowest BCUT2D eigenvalue weighted by Gasteiger charge is -2.12. The van der Waals surface area contributed by atoms with Crippen LogP contribution in [0.25, 0.3) is 0 Å². The maximum absolute atomic E-state index is 12.0. The summed E-state index contributed by atoms with van der Waals surface area (Å²) < 4.78 is 0. The molecule has 3 nitrogen and oxygen atoms in total. The number of thioether (sulfide) groups is 1. The number of hydrogen-bond acceptors (Lipinski definition) is 3. The lowest BCUT2D eigenvalue weighted by molar-refractivity contribution is -0.121. The molecule has 0 bridgehead atoms. The van der Waals surface area contributed by atoms with E-state index in [0.717, 1.165) is 16.9 Å². The van der Waals surface area contributed by atoms with E-state index in [1.54, 1.807) is 23.9 Å². The number of aryl methyl sites for hydroxylation is 1. The number of carbonyl (C=O) groups is 1. The number of aromatic hydroxyl groups is 1. The molecule has 122 valence electrons. The van der Waals surface area contributed by atoms with Crippen LogP contribution in [-0.4, -0.2) is 16.3 Å². The molecule has 1 unspecified atom stereocenters. The minimum Gasteiger partial charge on any atom is -0.508 e. The van der Waals surface area contributed by atoms with Gasteiger partial charge in [-0.3, -0.25) is 4.79 Å². The van der Waals surface area contributed by atoms with E-state index in [9.17, 15) is 9.90 Å². The van der Waals surface area contributed by atoms with Crippen LogP contribution in [0.3, 0.4) is 0 Å². The topological polar surface area (TPSA) is 49.3 Å². The summed E-state index contributed by atoms with van der Waals surface area (Å²) >= 11 is 1.72. The molecule has 2 rings (SSSR count). The number of rotatable bonds is 7. The van der Waals surface area contributed by atoms with Crippen molar-refractivity contribution in [1.29, 1.82) is 0 Å². The summed E-state index contributed by atoms with van der Waals surface area (Å²) in [6.45, 7) is 4.76. The van der Waals surface area contributed by atoms with Crippen molar-refractivity contribution in [3.05, 3.63) is 59.7 Å². The largest absolute Gasteiger partial charge is 0.508 e. The number of nitrogens with one attached hydrogen (secondary N) is 1. The molecule has 2 N–H and O–H groups in total. The SMILES string of the molecule is Cc1ccccc1CNC(=O)CCC(C)Sc1ccc(O)cc1. The average molecular weight is 329 g/mol. The van der Waals surface area contributed by atoms with Gasteiger partial charge in [0.15, 0.2) is 0 Å². The normalized spacial score (nSPS) is 11.9. The third-order valence-corrected chi connectivity index (χ3v) is 4.87. The van der Waals surface area contributed by atoms with Crippen molar-refractivity contribution in [1.82, 2.24) is 5.32 Å². The predicted octanol–water partition coefficient (Wildman–Crippen LogP) is 4.28. The van der Waals surface area contributed by atoms with Crippen molar-refractivity contribution in [2.45, 2.75) is 43.4 Å². The Bertz CT molecular complexity index is 640. The van der Waals surface area contributed by atoms with Gasteiger partial charge >= 0.3 is 0 Å². The van der Waals surface area contributed by atoms with Gasteiger partial charge in [-0.05, 0) is 48.7 Å². The minimum absolute atomic E-state index is 0.0893. The molecule has 0 spiro atoms. The molecule has 2 aromatic rings. The Kier molecular flexibility index (Phi) is 6.53. The maximum atomic E-state index is 12.0. The molecular weight excluding hydrogens is 306 g/mol. The van der Waals surface area contributed by atoms with Crippen molar-refractivity contribution in [2.75, 3.05) is 0 Å². The Balaban J connectivity index is 1.71. The van der Waals surface area contributed by atoms with Crippen LogP contribution in [0.1, 0.15) is 30.9 Å². The van der Waals surface area contributed by atoms with Gasteiger partial charge < -0.3 is 10.4 Å². The highest BCUT2D eigenvalue weighted by Crippen LogP contribution is 2.27. The van der Waals surface area contributed by atoms with Crippen molar-refractivity contribution in [3.8, 4) is 5.75 Å². The zero-order chi connectivity index (χ0) is 16.7. The standard InChI is InChI=1S/C19H23NO2S/c1-14-5-3-4-6-16(14)13-20-19(22)12-7-15(2)23-18-10-8-17(21)9-11-18/h3-6,8-11,15,21H,7,12-13H2,1-2H3,(H,20,22). The van der Waals surface area contributed by atoms with E-state index in [4.69, 9.17) is 0 Å². The molecule has 0 radical (unpaired) electrons. The summed E-state index contributed by atoms with van der Waals surface area (Å²) in [5, 5.41) is 12.6. The molecule has 0 saturated heterocycles. The molecule has 4 heteroatoms. The first-order valence-electron chi connectivity index (χ1n) is 7.81. The average Bonchev–Trinajstić information content (AvgIpc) is 2.54. The van der Waals surface area contributed by atoms with Crippen molar-refractivity contribution in [3.63, 3.8) is 0 Å². The molecule has 1 amide bonds. The Morgan fingerprint density at radius 1 is 1.17 bits per heavy atom. The van der Waals surface area contributed by atoms with E-state index in [0.29, 0.717) is 18.2 Å². The number of hydrogen-bond donors (Lipinski definition) is 2. The van der Waals surface area contributed by atoms with E-state index < -0.39 is 0 Å². The third-order valence-electron chi connectivity index (χ3n) is 3.69. The van der Waals surface area contributed by atoms with Gasteiger partial charge in [0.05, 0.1) is 0 Å². The molecule has 0 saturated carbocycles. The zero-order valence-corrected chi connectivity index (χ0v) is 14.4. The highest BCUT2D eigenvalue weighted by atomic mass is 32.2. The Hall–Kier alpha value is -1.94. The molecule has 0 heterocycles. The zero-order valence-electron chi connectivity index (χ0n) is 13.6. The van der Waals surface area contributed by atoms with Gasteiger partial charge in [-0.2, -0.15) is 0 Å². The molecule has 0 aliphatic heterocycles. The van der Waals surface area contributed by atoms with Crippen LogP contribution in [0.5, 0.6) is 5.75 Å². The number of carbonyl (C=O) groups excluding carboxylic acids is 1. The number of amides is 1. The molecule has 0 aliphatic carbocycles. The van der Waals surface area contributed by atoms with Gasteiger partial charge in [-0.25, -0.2) is 0 Å². The summed E-state index contributed by atoms with van der Waals surface area (Å²) in [7, 11) is 0. The smallest absolute Gasteiger partial charge is 0.220 e. The molecule has 1 atom stereocenters. The van der Waals surface area contributed by atoms with Crippen molar-refractivity contribution < 1.29 is 9.90 Å². The second-order valence-electron chi connectivity index (χ2n) is 5.66. The number of benzene rings is 2. The molecular formula is C19H23NO2S. The maximum Gasteiger partial charge on any atom is 0.220 e. The van der Waals surface area contributed by atoms with Crippen LogP contribution in [0.4, 0.5) is 0 Å². The van der Waals surface area contributed by atoms with Gasteiger partial charge in [0.25, 0.3) is 0 Å². The molecule has 2 aromatic carbocycles. The first-order valence-corrected chi connectivity index (χ1v) is 8.69. The highest BCUT2D eigenvalue weighted by Gasteiger charge is 2.09. The monoisotopic (exact) mass is 329 g/mol.